The van der Waals surface area contributed by atoms with Crippen LogP contribution in [0.3, 0.4) is 0 Å². The largest absolute Gasteiger partial charge is 0.349 e. The zero-order chi connectivity index (χ0) is 20.8. The maximum absolute atomic E-state index is 12.5. The predicted octanol–water partition coefficient (Wildman–Crippen LogP) is 3.72. The number of hydrogen-bond acceptors (Lipinski definition) is 3. The fourth-order valence-electron chi connectivity index (χ4n) is 3.72. The smallest absolute Gasteiger partial charge is 0.251 e. The molecule has 2 N–H and O–H groups in total. The number of nitrogens with one attached hydrogen (secondary N) is 2. The molecule has 3 rings (SSSR count). The van der Waals surface area contributed by atoms with Crippen LogP contribution < -0.4 is 10.6 Å². The fraction of sp³-hybridized carbons (Fsp3) is 0.391. The number of piperidine rings is 1. The molecule has 154 valence electrons. The monoisotopic (exact) mass is 413 g/mol. The van der Waals surface area contributed by atoms with Crippen LogP contribution in [0.4, 0.5) is 0 Å². The van der Waals surface area contributed by atoms with Crippen molar-refractivity contribution in [2.75, 3.05) is 19.6 Å². The van der Waals surface area contributed by atoms with E-state index in [0.717, 1.165) is 42.6 Å². The molecular formula is C23H28ClN3O2. The molecule has 0 saturated carbocycles. The minimum absolute atomic E-state index is 0.0141. The van der Waals surface area contributed by atoms with E-state index >= 15 is 0 Å². The Balaban J connectivity index is 1.44. The van der Waals surface area contributed by atoms with Crippen molar-refractivity contribution in [1.82, 2.24) is 15.5 Å². The van der Waals surface area contributed by atoms with E-state index in [1.54, 1.807) is 0 Å². The van der Waals surface area contributed by atoms with Crippen LogP contribution in [0.1, 0.15) is 47.3 Å². The van der Waals surface area contributed by atoms with E-state index in [9.17, 15) is 9.59 Å². The molecule has 0 aliphatic carbocycles. The molecule has 0 bridgehead atoms. The molecule has 1 aliphatic rings. The fourth-order valence-corrected chi connectivity index (χ4v) is 4.02. The van der Waals surface area contributed by atoms with Gasteiger partial charge >= 0.3 is 0 Å². The first kappa shape index (κ1) is 21.3. The quantitative estimate of drug-likeness (QED) is 0.758. The van der Waals surface area contributed by atoms with Gasteiger partial charge in [-0.15, -0.1) is 0 Å². The number of carbonyl (C=O) groups excluding carboxylic acids is 2. The summed E-state index contributed by atoms with van der Waals surface area (Å²) in [5.74, 6) is -0.0346. The zero-order valence-electron chi connectivity index (χ0n) is 17.0. The van der Waals surface area contributed by atoms with Crippen molar-refractivity contribution >= 4 is 23.4 Å². The summed E-state index contributed by atoms with van der Waals surface area (Å²) in [5, 5.41) is 6.81. The van der Waals surface area contributed by atoms with Gasteiger partial charge in [0, 0.05) is 29.7 Å². The summed E-state index contributed by atoms with van der Waals surface area (Å²) in [6.45, 7) is 5.80. The minimum atomic E-state index is -0.137. The highest BCUT2D eigenvalue weighted by atomic mass is 35.5. The number of carbonyl (C=O) groups is 2. The van der Waals surface area contributed by atoms with Crippen LogP contribution in [0.5, 0.6) is 0 Å². The summed E-state index contributed by atoms with van der Waals surface area (Å²) >= 11 is 6.21. The summed E-state index contributed by atoms with van der Waals surface area (Å²) in [6.07, 6.45) is 1.68. The van der Waals surface area contributed by atoms with Crippen molar-refractivity contribution in [3.8, 4) is 0 Å². The molecule has 0 aromatic heterocycles. The van der Waals surface area contributed by atoms with Crippen molar-refractivity contribution < 1.29 is 9.59 Å². The predicted molar refractivity (Wildman–Crippen MR) is 116 cm³/mol. The Morgan fingerprint density at radius 3 is 2.45 bits per heavy atom. The lowest BCUT2D eigenvalue weighted by molar-refractivity contribution is -0.123. The molecule has 0 radical (unpaired) electrons. The molecular weight excluding hydrogens is 386 g/mol. The van der Waals surface area contributed by atoms with Gasteiger partial charge in [-0.05, 0) is 49.9 Å². The van der Waals surface area contributed by atoms with E-state index in [2.05, 4.69) is 15.5 Å². The highest BCUT2D eigenvalue weighted by Gasteiger charge is 2.23. The van der Waals surface area contributed by atoms with E-state index in [1.165, 1.54) is 0 Å². The van der Waals surface area contributed by atoms with E-state index < -0.39 is 0 Å². The summed E-state index contributed by atoms with van der Waals surface area (Å²) in [4.78, 5) is 27.0. The summed E-state index contributed by atoms with van der Waals surface area (Å²) in [5.41, 5.74) is 2.62. The second-order valence-corrected chi connectivity index (χ2v) is 8.06. The first-order valence-electron chi connectivity index (χ1n) is 10.1. The lowest BCUT2D eigenvalue weighted by Gasteiger charge is -2.32. The Labute approximate surface area is 177 Å². The van der Waals surface area contributed by atoms with Gasteiger partial charge in [0.25, 0.3) is 5.91 Å². The molecule has 1 saturated heterocycles. The third kappa shape index (κ3) is 5.81. The van der Waals surface area contributed by atoms with Gasteiger partial charge in [-0.25, -0.2) is 0 Å². The number of halogens is 1. The minimum Gasteiger partial charge on any atom is -0.349 e. The molecule has 2 aromatic rings. The third-order valence-electron chi connectivity index (χ3n) is 5.43. The number of hydrogen-bond donors (Lipinski definition) is 2. The van der Waals surface area contributed by atoms with Crippen molar-refractivity contribution in [1.29, 1.82) is 0 Å². The maximum Gasteiger partial charge on any atom is 0.251 e. The topological polar surface area (TPSA) is 61.4 Å². The van der Waals surface area contributed by atoms with Crippen LogP contribution in [0.25, 0.3) is 0 Å². The Morgan fingerprint density at radius 2 is 1.76 bits per heavy atom. The number of aryl methyl sites for hydroxylation is 1. The van der Waals surface area contributed by atoms with Crippen LogP contribution in [0.15, 0.2) is 48.5 Å². The Morgan fingerprint density at radius 1 is 1.10 bits per heavy atom. The second-order valence-electron chi connectivity index (χ2n) is 7.65. The van der Waals surface area contributed by atoms with Crippen molar-refractivity contribution in [2.45, 2.75) is 38.8 Å². The highest BCUT2D eigenvalue weighted by molar-refractivity contribution is 6.31. The molecule has 1 heterocycles. The normalized spacial score (nSPS) is 16.2. The molecule has 1 fully saturated rings. The molecule has 2 amide bonds. The van der Waals surface area contributed by atoms with Crippen LogP contribution in [-0.4, -0.2) is 42.4 Å². The highest BCUT2D eigenvalue weighted by Crippen LogP contribution is 2.22. The van der Waals surface area contributed by atoms with Gasteiger partial charge in [-0.2, -0.15) is 0 Å². The molecule has 2 aromatic carbocycles. The lowest BCUT2D eigenvalue weighted by atomic mass is 10.0. The number of likely N-dealkylation sites (tertiary alicyclic amines) is 1. The van der Waals surface area contributed by atoms with Gasteiger partial charge in [0.2, 0.25) is 5.91 Å². The maximum atomic E-state index is 12.5. The average molecular weight is 414 g/mol. The Kier molecular flexibility index (Phi) is 7.29. The van der Waals surface area contributed by atoms with Gasteiger partial charge in [0.15, 0.2) is 0 Å². The summed E-state index contributed by atoms with van der Waals surface area (Å²) in [7, 11) is 0. The Bertz CT molecular complexity index is 863. The standard InChI is InChI=1S/C23H28ClN3O2/c1-16-7-3-4-8-19(16)23(29)26-18-11-13-27(14-12-18)15-22(28)25-17(2)20-9-5-6-10-21(20)24/h3-10,17-18H,11-15H2,1-2H3,(H,25,28)(H,26,29). The number of benzene rings is 2. The van der Waals surface area contributed by atoms with Crippen LogP contribution in [-0.2, 0) is 4.79 Å². The molecule has 6 heteroatoms. The molecule has 0 spiro atoms. The number of amides is 2. The van der Waals surface area contributed by atoms with Gasteiger partial charge in [0.1, 0.15) is 0 Å². The molecule has 1 aliphatic heterocycles. The molecule has 5 nitrogen and oxygen atoms in total. The van der Waals surface area contributed by atoms with Gasteiger partial charge < -0.3 is 10.6 Å². The zero-order valence-corrected chi connectivity index (χ0v) is 17.7. The third-order valence-corrected chi connectivity index (χ3v) is 5.77. The first-order valence-corrected chi connectivity index (χ1v) is 10.4. The number of rotatable bonds is 6. The van der Waals surface area contributed by atoms with Crippen LogP contribution in [0.2, 0.25) is 5.02 Å². The molecule has 29 heavy (non-hydrogen) atoms. The van der Waals surface area contributed by atoms with Gasteiger partial charge in [0.05, 0.1) is 12.6 Å². The molecule has 1 unspecified atom stereocenters. The Hall–Kier alpha value is -2.37. The van der Waals surface area contributed by atoms with Crippen molar-refractivity contribution in [3.63, 3.8) is 0 Å². The van der Waals surface area contributed by atoms with E-state index in [1.807, 2.05) is 62.4 Å². The van der Waals surface area contributed by atoms with Crippen LogP contribution >= 0.6 is 11.6 Å². The van der Waals surface area contributed by atoms with E-state index in [-0.39, 0.29) is 23.9 Å². The van der Waals surface area contributed by atoms with Crippen molar-refractivity contribution in [2.24, 2.45) is 0 Å². The number of nitrogens with zero attached hydrogens (tertiary/aromatic N) is 1. The van der Waals surface area contributed by atoms with E-state index in [0.29, 0.717) is 11.6 Å². The van der Waals surface area contributed by atoms with E-state index in [4.69, 9.17) is 11.6 Å². The van der Waals surface area contributed by atoms with Gasteiger partial charge in [-0.1, -0.05) is 48.0 Å². The summed E-state index contributed by atoms with van der Waals surface area (Å²) in [6, 6.07) is 15.2. The van der Waals surface area contributed by atoms with Crippen molar-refractivity contribution in [3.05, 3.63) is 70.2 Å². The van der Waals surface area contributed by atoms with Gasteiger partial charge in [-0.3, -0.25) is 14.5 Å². The lowest BCUT2D eigenvalue weighted by Crippen LogP contribution is -2.47. The summed E-state index contributed by atoms with van der Waals surface area (Å²) < 4.78 is 0. The first-order chi connectivity index (χ1) is 13.9. The second kappa shape index (κ2) is 9.90. The van der Waals surface area contributed by atoms with Crippen LogP contribution in [0, 0.1) is 6.92 Å². The average Bonchev–Trinajstić information content (AvgIpc) is 2.70. The SMILES string of the molecule is Cc1ccccc1C(=O)NC1CCN(CC(=O)NC(C)c2ccccc2Cl)CC1. The molecule has 1 atom stereocenters.